The van der Waals surface area contributed by atoms with Gasteiger partial charge in [0.05, 0.1) is 0 Å². The van der Waals surface area contributed by atoms with Gasteiger partial charge in [0.25, 0.3) is 0 Å². The lowest BCUT2D eigenvalue weighted by molar-refractivity contribution is 0.572. The third kappa shape index (κ3) is 2.42. The van der Waals surface area contributed by atoms with Gasteiger partial charge in [-0.05, 0) is 45.4 Å². The molecular weight excluding hydrogens is 364 g/mol. The summed E-state index contributed by atoms with van der Waals surface area (Å²) in [7, 11) is 0. The molecule has 0 aliphatic heterocycles. The molecule has 5 aromatic rings. The average molecular weight is 389 g/mol. The maximum absolute atomic E-state index is 6.37. The number of hydrogen-bond acceptors (Lipinski definition) is 1. The molecule has 0 bridgehead atoms. The van der Waals surface area contributed by atoms with E-state index in [1.165, 1.54) is 44.2 Å². The highest BCUT2D eigenvalue weighted by Gasteiger charge is 2.31. The van der Waals surface area contributed by atoms with Crippen molar-refractivity contribution >= 4 is 21.9 Å². The van der Waals surface area contributed by atoms with Gasteiger partial charge in [0.15, 0.2) is 0 Å². The number of rotatable bonds is 1. The zero-order chi connectivity index (χ0) is 20.5. The van der Waals surface area contributed by atoms with Crippen molar-refractivity contribution in [2.75, 3.05) is 0 Å². The number of furan rings is 1. The molecule has 0 atom stereocenters. The van der Waals surface area contributed by atoms with Crippen LogP contribution in [0.2, 0.25) is 0 Å². The monoisotopic (exact) mass is 388 g/mol. The molecule has 0 fully saturated rings. The normalized spacial score (nSPS) is 13.7. The summed E-state index contributed by atoms with van der Waals surface area (Å²) >= 11 is 0. The summed E-state index contributed by atoms with van der Waals surface area (Å²) in [5, 5.41) is 2.41. The summed E-state index contributed by atoms with van der Waals surface area (Å²) in [4.78, 5) is 0. The Labute approximate surface area is 177 Å². The lowest BCUT2D eigenvalue weighted by Crippen LogP contribution is -2.13. The second-order valence-corrected chi connectivity index (χ2v) is 9.40. The van der Waals surface area contributed by atoms with Gasteiger partial charge in [0.2, 0.25) is 0 Å². The van der Waals surface area contributed by atoms with Gasteiger partial charge in [-0.3, -0.25) is 0 Å². The first-order valence-electron chi connectivity index (χ1n) is 10.7. The highest BCUT2D eigenvalue weighted by Crippen LogP contribution is 2.49. The summed E-state index contributed by atoms with van der Waals surface area (Å²) in [6.45, 7) is 6.82. The third-order valence-corrected chi connectivity index (χ3v) is 6.48. The number of fused-ring (bicyclic) bond motifs is 6. The Morgan fingerprint density at radius 1 is 0.667 bits per heavy atom. The molecule has 146 valence electrons. The van der Waals surface area contributed by atoms with E-state index in [9.17, 15) is 0 Å². The molecule has 0 N–H and O–H groups in total. The largest absolute Gasteiger partial charge is 0.456 e. The van der Waals surface area contributed by atoms with Crippen LogP contribution in [-0.4, -0.2) is 0 Å². The van der Waals surface area contributed by atoms with Crippen LogP contribution in [0.3, 0.4) is 0 Å². The molecule has 1 aliphatic carbocycles. The van der Waals surface area contributed by atoms with E-state index < -0.39 is 0 Å². The van der Waals surface area contributed by atoms with Crippen molar-refractivity contribution in [1.82, 2.24) is 0 Å². The molecule has 0 unspecified atom stereocenters. The maximum atomic E-state index is 6.37. The first-order valence-corrected chi connectivity index (χ1v) is 10.7. The van der Waals surface area contributed by atoms with Gasteiger partial charge in [0.1, 0.15) is 11.2 Å². The van der Waals surface area contributed by atoms with Crippen molar-refractivity contribution < 1.29 is 4.42 Å². The van der Waals surface area contributed by atoms with E-state index in [0.717, 1.165) is 11.2 Å². The van der Waals surface area contributed by atoms with E-state index in [0.29, 0.717) is 0 Å². The average Bonchev–Trinajstić information content (AvgIpc) is 3.28. The van der Waals surface area contributed by atoms with Crippen LogP contribution in [-0.2, 0) is 5.41 Å². The van der Waals surface area contributed by atoms with Crippen LogP contribution in [0.4, 0.5) is 0 Å². The van der Waals surface area contributed by atoms with Gasteiger partial charge in [0, 0.05) is 22.3 Å². The molecule has 6 rings (SSSR count). The van der Waals surface area contributed by atoms with Crippen LogP contribution < -0.4 is 0 Å². The predicted molar refractivity (Wildman–Crippen MR) is 125 cm³/mol. The molecule has 1 aliphatic rings. The quantitative estimate of drug-likeness (QED) is 0.278. The molecule has 1 nitrogen and oxygen atoms in total. The summed E-state index contributed by atoms with van der Waals surface area (Å²) in [6, 6.07) is 30.8. The Balaban J connectivity index is 1.71. The zero-order valence-electron chi connectivity index (χ0n) is 17.6. The van der Waals surface area contributed by atoms with Crippen molar-refractivity contribution in [3.63, 3.8) is 0 Å². The highest BCUT2D eigenvalue weighted by atomic mass is 16.3. The van der Waals surface area contributed by atoms with Crippen molar-refractivity contribution in [3.05, 3.63) is 107 Å². The van der Waals surface area contributed by atoms with E-state index in [1.54, 1.807) is 0 Å². The number of hydrogen-bond donors (Lipinski definition) is 0. The molecular formula is C29H24O. The van der Waals surface area contributed by atoms with Crippen molar-refractivity contribution in [1.29, 1.82) is 0 Å². The van der Waals surface area contributed by atoms with Gasteiger partial charge < -0.3 is 4.42 Å². The van der Waals surface area contributed by atoms with E-state index in [1.807, 2.05) is 6.07 Å². The van der Waals surface area contributed by atoms with Crippen molar-refractivity contribution in [2.45, 2.75) is 32.1 Å². The lowest BCUT2D eigenvalue weighted by Gasteiger charge is -2.23. The molecule has 4 aromatic carbocycles. The van der Waals surface area contributed by atoms with Crippen LogP contribution >= 0.6 is 0 Å². The zero-order valence-corrected chi connectivity index (χ0v) is 17.6. The standard InChI is InChI=1S/C29H24O/c1-29(2,3)25-17-18(16-24-21-12-8-9-15-26(21)30-28(24)25)27-22-13-6-4-10-19(22)20-11-5-7-14-23(20)27/h4-17,27H,1-3H3. The Bertz CT molecular complexity index is 1380. The lowest BCUT2D eigenvalue weighted by atomic mass is 9.81. The van der Waals surface area contributed by atoms with E-state index in [-0.39, 0.29) is 11.3 Å². The third-order valence-electron chi connectivity index (χ3n) is 6.48. The molecule has 0 amide bonds. The molecule has 0 saturated heterocycles. The van der Waals surface area contributed by atoms with E-state index in [4.69, 9.17) is 4.42 Å². The van der Waals surface area contributed by atoms with Gasteiger partial charge >= 0.3 is 0 Å². The minimum absolute atomic E-state index is 0.0141. The smallest absolute Gasteiger partial charge is 0.139 e. The van der Waals surface area contributed by atoms with Crippen molar-refractivity contribution in [3.8, 4) is 11.1 Å². The Kier molecular flexibility index (Phi) is 3.56. The first kappa shape index (κ1) is 17.5. The minimum Gasteiger partial charge on any atom is -0.456 e. The minimum atomic E-state index is -0.0141. The first-order chi connectivity index (χ1) is 14.5. The van der Waals surface area contributed by atoms with Crippen LogP contribution in [0.1, 0.15) is 48.9 Å². The fourth-order valence-electron chi connectivity index (χ4n) is 5.09. The molecule has 1 heteroatoms. The van der Waals surface area contributed by atoms with E-state index >= 15 is 0 Å². The van der Waals surface area contributed by atoms with Crippen LogP contribution in [0.15, 0.2) is 89.3 Å². The van der Waals surface area contributed by atoms with Gasteiger partial charge in [-0.2, -0.15) is 0 Å². The predicted octanol–water partition coefficient (Wildman–Crippen LogP) is 8.04. The molecule has 1 aromatic heterocycles. The summed E-state index contributed by atoms with van der Waals surface area (Å²) in [5.74, 6) is 0.247. The molecule has 1 heterocycles. The molecule has 0 spiro atoms. The van der Waals surface area contributed by atoms with Gasteiger partial charge in [-0.15, -0.1) is 0 Å². The second-order valence-electron chi connectivity index (χ2n) is 9.40. The summed E-state index contributed by atoms with van der Waals surface area (Å²) in [6.07, 6.45) is 0. The van der Waals surface area contributed by atoms with Gasteiger partial charge in [-0.1, -0.05) is 93.6 Å². The molecule has 30 heavy (non-hydrogen) atoms. The topological polar surface area (TPSA) is 13.1 Å². The fourth-order valence-corrected chi connectivity index (χ4v) is 5.09. The van der Waals surface area contributed by atoms with Crippen LogP contribution in [0, 0.1) is 0 Å². The SMILES string of the molecule is CC(C)(C)c1cc(C2c3ccccc3-c3ccccc32)cc2c1oc1ccccc12. The second kappa shape index (κ2) is 6.09. The maximum Gasteiger partial charge on any atom is 0.139 e. The van der Waals surface area contributed by atoms with E-state index in [2.05, 4.69) is 99.6 Å². The number of para-hydroxylation sites is 1. The van der Waals surface area contributed by atoms with Crippen LogP contribution in [0.5, 0.6) is 0 Å². The molecule has 0 radical (unpaired) electrons. The number of benzene rings is 4. The Morgan fingerprint density at radius 2 is 1.27 bits per heavy atom. The Hall–Kier alpha value is -3.32. The van der Waals surface area contributed by atoms with Crippen molar-refractivity contribution in [2.24, 2.45) is 0 Å². The fraction of sp³-hybridized carbons (Fsp3) is 0.172. The van der Waals surface area contributed by atoms with Gasteiger partial charge in [-0.25, -0.2) is 0 Å². The summed E-state index contributed by atoms with van der Waals surface area (Å²) < 4.78 is 6.37. The van der Waals surface area contributed by atoms with Crippen LogP contribution in [0.25, 0.3) is 33.1 Å². The highest BCUT2D eigenvalue weighted by molar-refractivity contribution is 6.06. The summed E-state index contributed by atoms with van der Waals surface area (Å²) in [5.41, 5.74) is 10.1. The molecule has 0 saturated carbocycles. The Morgan fingerprint density at radius 3 is 1.93 bits per heavy atom.